The van der Waals surface area contributed by atoms with E-state index in [9.17, 15) is 0 Å². The number of ether oxygens (including phenoxy) is 2. The Morgan fingerprint density at radius 1 is 1.32 bits per heavy atom. The van der Waals surface area contributed by atoms with Gasteiger partial charge in [0.2, 0.25) is 5.88 Å². The van der Waals surface area contributed by atoms with E-state index in [2.05, 4.69) is 33.8 Å². The maximum atomic E-state index is 5.46. The molecule has 0 amide bonds. The predicted molar refractivity (Wildman–Crippen MR) is 103 cm³/mol. The Hall–Kier alpha value is -2.08. The van der Waals surface area contributed by atoms with Crippen molar-refractivity contribution < 1.29 is 9.47 Å². The Labute approximate surface area is 152 Å². The molecule has 0 saturated heterocycles. The van der Waals surface area contributed by atoms with Gasteiger partial charge in [-0.2, -0.15) is 0 Å². The molecule has 1 aromatic heterocycles. The van der Waals surface area contributed by atoms with Crippen LogP contribution in [0.1, 0.15) is 31.2 Å². The van der Waals surface area contributed by atoms with Crippen molar-refractivity contribution in [3.05, 3.63) is 36.5 Å². The minimum absolute atomic E-state index is 0.505. The highest BCUT2D eigenvalue weighted by Gasteiger charge is 2.05. The van der Waals surface area contributed by atoms with Crippen molar-refractivity contribution in [2.45, 2.75) is 32.2 Å². The SMILES string of the molecule is C=CCCCCCN(C)C(=NC)NCc1ccc(OCCOC)nc1. The molecule has 1 heterocycles. The van der Waals surface area contributed by atoms with E-state index in [-0.39, 0.29) is 0 Å². The standard InChI is InChI=1S/C19H32N4O2/c1-5-6-7-8-9-12-23(3)19(20-2)22-16-17-10-11-18(21-15-17)25-14-13-24-4/h5,10-11,15H,1,6-9,12-14,16H2,2-4H3,(H,20,22). The third-order valence-electron chi connectivity index (χ3n) is 3.76. The molecule has 0 saturated carbocycles. The Morgan fingerprint density at radius 2 is 2.16 bits per heavy atom. The lowest BCUT2D eigenvalue weighted by Gasteiger charge is -2.22. The zero-order valence-electron chi connectivity index (χ0n) is 15.8. The minimum atomic E-state index is 0.505. The summed E-state index contributed by atoms with van der Waals surface area (Å²) >= 11 is 0. The molecule has 1 aromatic rings. The van der Waals surface area contributed by atoms with Crippen molar-refractivity contribution in [2.24, 2.45) is 4.99 Å². The molecule has 0 aliphatic rings. The zero-order valence-corrected chi connectivity index (χ0v) is 15.8. The number of methoxy groups -OCH3 is 1. The van der Waals surface area contributed by atoms with Gasteiger partial charge < -0.3 is 19.7 Å². The first-order valence-corrected chi connectivity index (χ1v) is 8.80. The lowest BCUT2D eigenvalue weighted by molar-refractivity contribution is 0.143. The first kappa shape index (κ1) is 21.0. The van der Waals surface area contributed by atoms with E-state index in [1.165, 1.54) is 12.8 Å². The highest BCUT2D eigenvalue weighted by Crippen LogP contribution is 2.07. The van der Waals surface area contributed by atoms with Gasteiger partial charge in [-0.25, -0.2) is 4.98 Å². The number of allylic oxidation sites excluding steroid dienone is 1. The van der Waals surface area contributed by atoms with E-state index in [1.54, 1.807) is 7.11 Å². The molecule has 0 unspecified atom stereocenters. The summed E-state index contributed by atoms with van der Waals surface area (Å²) in [6.07, 6.45) is 8.45. The molecule has 0 spiro atoms. The summed E-state index contributed by atoms with van der Waals surface area (Å²) in [5, 5.41) is 3.37. The fraction of sp³-hybridized carbons (Fsp3) is 0.579. The Kier molecular flexibility index (Phi) is 11.1. The Bertz CT molecular complexity index is 503. The molecule has 0 aliphatic carbocycles. The van der Waals surface area contributed by atoms with Crippen LogP contribution in [0.4, 0.5) is 0 Å². The quantitative estimate of drug-likeness (QED) is 0.272. The molecule has 0 aromatic carbocycles. The minimum Gasteiger partial charge on any atom is -0.475 e. The van der Waals surface area contributed by atoms with E-state index < -0.39 is 0 Å². The van der Waals surface area contributed by atoms with Crippen molar-refractivity contribution >= 4 is 5.96 Å². The summed E-state index contributed by atoms with van der Waals surface area (Å²) in [6, 6.07) is 3.88. The maximum Gasteiger partial charge on any atom is 0.213 e. The zero-order chi connectivity index (χ0) is 18.3. The number of unbranched alkanes of at least 4 members (excludes halogenated alkanes) is 3. The Balaban J connectivity index is 2.34. The smallest absolute Gasteiger partial charge is 0.213 e. The van der Waals surface area contributed by atoms with Crippen LogP contribution in [0, 0.1) is 0 Å². The van der Waals surface area contributed by atoms with Crippen LogP contribution in [-0.2, 0) is 11.3 Å². The molecule has 0 radical (unpaired) electrons. The second-order valence-electron chi connectivity index (χ2n) is 5.81. The number of hydrogen-bond acceptors (Lipinski definition) is 4. The topological polar surface area (TPSA) is 59.0 Å². The molecule has 140 valence electrons. The summed E-state index contributed by atoms with van der Waals surface area (Å²) in [5.74, 6) is 1.51. The van der Waals surface area contributed by atoms with Crippen LogP contribution < -0.4 is 10.1 Å². The molecule has 1 N–H and O–H groups in total. The first-order valence-electron chi connectivity index (χ1n) is 8.80. The number of rotatable bonds is 12. The number of aromatic nitrogens is 1. The molecule has 0 aliphatic heterocycles. The van der Waals surface area contributed by atoms with E-state index in [0.717, 1.165) is 30.9 Å². The number of pyridine rings is 1. The molecule has 1 rings (SSSR count). The van der Waals surface area contributed by atoms with Crippen molar-refractivity contribution in [1.29, 1.82) is 0 Å². The van der Waals surface area contributed by atoms with Gasteiger partial charge in [0.05, 0.1) is 6.61 Å². The highest BCUT2D eigenvalue weighted by atomic mass is 16.5. The van der Waals surface area contributed by atoms with Gasteiger partial charge in [0.15, 0.2) is 5.96 Å². The van der Waals surface area contributed by atoms with E-state index in [1.807, 2.05) is 31.5 Å². The third-order valence-corrected chi connectivity index (χ3v) is 3.76. The molecule has 0 atom stereocenters. The Morgan fingerprint density at radius 3 is 2.80 bits per heavy atom. The fourth-order valence-corrected chi connectivity index (χ4v) is 2.32. The van der Waals surface area contributed by atoms with Crippen LogP contribution in [0.15, 0.2) is 36.0 Å². The van der Waals surface area contributed by atoms with Gasteiger partial charge in [-0.1, -0.05) is 18.6 Å². The van der Waals surface area contributed by atoms with Gasteiger partial charge in [0.25, 0.3) is 0 Å². The van der Waals surface area contributed by atoms with Crippen LogP contribution in [0.5, 0.6) is 5.88 Å². The highest BCUT2D eigenvalue weighted by molar-refractivity contribution is 5.79. The van der Waals surface area contributed by atoms with Crippen LogP contribution in [-0.4, -0.2) is 56.8 Å². The number of nitrogens with zero attached hydrogens (tertiary/aromatic N) is 3. The van der Waals surface area contributed by atoms with Crippen LogP contribution in [0.25, 0.3) is 0 Å². The molecule has 6 heteroatoms. The average molecular weight is 348 g/mol. The summed E-state index contributed by atoms with van der Waals surface area (Å²) in [6.45, 7) is 6.48. The largest absolute Gasteiger partial charge is 0.475 e. The van der Waals surface area contributed by atoms with E-state index in [4.69, 9.17) is 9.47 Å². The van der Waals surface area contributed by atoms with Crippen molar-refractivity contribution in [3.63, 3.8) is 0 Å². The maximum absolute atomic E-state index is 5.46. The third kappa shape index (κ3) is 9.10. The van der Waals surface area contributed by atoms with Gasteiger partial charge in [-0.3, -0.25) is 4.99 Å². The molecular weight excluding hydrogens is 316 g/mol. The number of guanidine groups is 1. The molecular formula is C19H32N4O2. The number of nitrogens with one attached hydrogen (secondary N) is 1. The normalized spacial score (nSPS) is 11.2. The van der Waals surface area contributed by atoms with Gasteiger partial charge in [-0.15, -0.1) is 6.58 Å². The van der Waals surface area contributed by atoms with Crippen molar-refractivity contribution in [3.8, 4) is 5.88 Å². The summed E-state index contributed by atoms with van der Waals surface area (Å²) in [7, 11) is 5.52. The van der Waals surface area contributed by atoms with E-state index in [0.29, 0.717) is 25.6 Å². The van der Waals surface area contributed by atoms with Gasteiger partial charge in [-0.05, 0) is 24.8 Å². The molecule has 0 bridgehead atoms. The van der Waals surface area contributed by atoms with Gasteiger partial charge >= 0.3 is 0 Å². The summed E-state index contributed by atoms with van der Waals surface area (Å²) in [5.41, 5.74) is 1.08. The first-order chi connectivity index (χ1) is 12.2. The lowest BCUT2D eigenvalue weighted by atomic mass is 10.2. The van der Waals surface area contributed by atoms with E-state index >= 15 is 0 Å². The second kappa shape index (κ2) is 13.2. The molecule has 0 fully saturated rings. The van der Waals surface area contributed by atoms with Crippen LogP contribution >= 0.6 is 0 Å². The van der Waals surface area contributed by atoms with Gasteiger partial charge in [0, 0.05) is 46.6 Å². The number of hydrogen-bond donors (Lipinski definition) is 1. The number of aliphatic imine (C=N–C) groups is 1. The molecule has 6 nitrogen and oxygen atoms in total. The summed E-state index contributed by atoms with van der Waals surface area (Å²) < 4.78 is 10.4. The summed E-state index contributed by atoms with van der Waals surface area (Å²) in [4.78, 5) is 10.8. The second-order valence-corrected chi connectivity index (χ2v) is 5.81. The van der Waals surface area contributed by atoms with Gasteiger partial charge in [0.1, 0.15) is 6.61 Å². The molecule has 25 heavy (non-hydrogen) atoms. The van der Waals surface area contributed by atoms with Crippen molar-refractivity contribution in [1.82, 2.24) is 15.2 Å². The fourth-order valence-electron chi connectivity index (χ4n) is 2.32. The van der Waals surface area contributed by atoms with Crippen LogP contribution in [0.2, 0.25) is 0 Å². The average Bonchev–Trinajstić information content (AvgIpc) is 2.63. The predicted octanol–water partition coefficient (Wildman–Crippen LogP) is 2.86. The van der Waals surface area contributed by atoms with Crippen molar-refractivity contribution in [2.75, 3.05) is 41.0 Å². The lowest BCUT2D eigenvalue weighted by Crippen LogP contribution is -2.39. The monoisotopic (exact) mass is 348 g/mol. The van der Waals surface area contributed by atoms with Crippen LogP contribution in [0.3, 0.4) is 0 Å².